The maximum atomic E-state index is 13.3. The molecular formula is C27H31N7O2. The molecule has 1 aliphatic rings. The first-order chi connectivity index (χ1) is 17.5. The highest BCUT2D eigenvalue weighted by Gasteiger charge is 2.27. The Labute approximate surface area is 209 Å². The number of rotatable bonds is 8. The van der Waals surface area contributed by atoms with Crippen molar-refractivity contribution in [3.05, 3.63) is 66.6 Å². The number of nitrogens with one attached hydrogen (secondary N) is 3. The third kappa shape index (κ3) is 5.25. The molecule has 0 spiro atoms. The topological polar surface area (TPSA) is 106 Å². The molecule has 1 fully saturated rings. The Morgan fingerprint density at radius 1 is 1.03 bits per heavy atom. The first-order valence-electron chi connectivity index (χ1n) is 12.3. The average Bonchev–Trinajstić information content (AvgIpc) is 3.61. The molecule has 0 unspecified atom stereocenters. The molecule has 1 atom stereocenters. The second-order valence-electron chi connectivity index (χ2n) is 9.52. The second kappa shape index (κ2) is 10.2. The van der Waals surface area contributed by atoms with Crippen LogP contribution in [0.3, 0.4) is 0 Å². The SMILES string of the molecule is Cn1cc(NC(=O)[C@H](CC2CCCC2)NC(=O)c2cccc(Nc3cccc4cnn(C)c34)c2)cn1. The Hall–Kier alpha value is -4.14. The number of para-hydroxylation sites is 1. The number of benzene rings is 2. The summed E-state index contributed by atoms with van der Waals surface area (Å²) in [5.41, 5.74) is 3.77. The minimum Gasteiger partial charge on any atom is -0.354 e. The van der Waals surface area contributed by atoms with Crippen molar-refractivity contribution in [3.8, 4) is 0 Å². The van der Waals surface area contributed by atoms with Crippen LogP contribution in [0.4, 0.5) is 17.1 Å². The lowest BCUT2D eigenvalue weighted by molar-refractivity contribution is -0.118. The van der Waals surface area contributed by atoms with Crippen LogP contribution in [-0.4, -0.2) is 37.4 Å². The highest BCUT2D eigenvalue weighted by molar-refractivity contribution is 6.01. The molecule has 36 heavy (non-hydrogen) atoms. The summed E-state index contributed by atoms with van der Waals surface area (Å²) < 4.78 is 3.45. The number of hydrogen-bond acceptors (Lipinski definition) is 5. The molecule has 9 heteroatoms. The minimum absolute atomic E-state index is 0.222. The summed E-state index contributed by atoms with van der Waals surface area (Å²) in [6.07, 6.45) is 10.3. The quantitative estimate of drug-likeness (QED) is 0.344. The van der Waals surface area contributed by atoms with E-state index in [1.54, 1.807) is 36.3 Å². The van der Waals surface area contributed by atoms with Crippen molar-refractivity contribution in [2.75, 3.05) is 10.6 Å². The van der Waals surface area contributed by atoms with Gasteiger partial charge in [0, 0.05) is 36.9 Å². The van der Waals surface area contributed by atoms with E-state index in [9.17, 15) is 9.59 Å². The fraction of sp³-hybridized carbons (Fsp3) is 0.333. The fourth-order valence-corrected chi connectivity index (χ4v) is 5.00. The molecule has 0 bridgehead atoms. The van der Waals surface area contributed by atoms with Gasteiger partial charge in [0.1, 0.15) is 6.04 Å². The van der Waals surface area contributed by atoms with E-state index in [1.165, 1.54) is 12.8 Å². The molecule has 1 aliphatic carbocycles. The molecule has 2 aromatic heterocycles. The predicted octanol–water partition coefficient (Wildman–Crippen LogP) is 4.37. The molecule has 0 saturated heterocycles. The molecule has 186 valence electrons. The van der Waals surface area contributed by atoms with Crippen molar-refractivity contribution in [3.63, 3.8) is 0 Å². The van der Waals surface area contributed by atoms with Crippen molar-refractivity contribution in [1.29, 1.82) is 0 Å². The van der Waals surface area contributed by atoms with E-state index in [1.807, 2.05) is 48.3 Å². The Balaban J connectivity index is 1.32. The lowest BCUT2D eigenvalue weighted by Crippen LogP contribution is -2.44. The summed E-state index contributed by atoms with van der Waals surface area (Å²) >= 11 is 0. The van der Waals surface area contributed by atoms with Crippen molar-refractivity contribution >= 4 is 39.8 Å². The Kier molecular flexibility index (Phi) is 6.71. The number of anilines is 3. The van der Waals surface area contributed by atoms with Crippen LogP contribution in [0.2, 0.25) is 0 Å². The first kappa shape index (κ1) is 23.6. The standard InChI is InChI=1S/C27H31N7O2/c1-33-17-22(16-28-33)31-27(36)24(13-18-7-3-4-8-18)32-26(35)19-9-5-11-21(14-19)30-23-12-6-10-20-15-29-34(2)25(20)23/h5-6,9-12,14-18,24,30H,3-4,7-8,13H2,1-2H3,(H,31,36)(H,32,35)/t24-/m0/s1. The number of carbonyl (C=O) groups excluding carboxylic acids is 2. The van der Waals surface area contributed by atoms with Crippen LogP contribution in [0.25, 0.3) is 10.9 Å². The zero-order valence-corrected chi connectivity index (χ0v) is 20.6. The average molecular weight is 486 g/mol. The number of hydrogen-bond donors (Lipinski definition) is 3. The summed E-state index contributed by atoms with van der Waals surface area (Å²) in [7, 11) is 3.70. The van der Waals surface area contributed by atoms with Crippen LogP contribution in [0.5, 0.6) is 0 Å². The third-order valence-corrected chi connectivity index (χ3v) is 6.80. The van der Waals surface area contributed by atoms with Gasteiger partial charge < -0.3 is 16.0 Å². The zero-order chi connectivity index (χ0) is 25.1. The van der Waals surface area contributed by atoms with Crippen molar-refractivity contribution < 1.29 is 9.59 Å². The van der Waals surface area contributed by atoms with Crippen molar-refractivity contribution in [1.82, 2.24) is 24.9 Å². The highest BCUT2D eigenvalue weighted by Crippen LogP contribution is 2.29. The van der Waals surface area contributed by atoms with Crippen LogP contribution in [0.1, 0.15) is 42.5 Å². The van der Waals surface area contributed by atoms with E-state index in [0.29, 0.717) is 23.6 Å². The molecule has 3 N–H and O–H groups in total. The van der Waals surface area contributed by atoms with Gasteiger partial charge in [-0.05, 0) is 36.6 Å². The molecular weight excluding hydrogens is 454 g/mol. The molecule has 0 aliphatic heterocycles. The highest BCUT2D eigenvalue weighted by atomic mass is 16.2. The van der Waals surface area contributed by atoms with Crippen molar-refractivity contribution in [2.45, 2.75) is 38.1 Å². The summed E-state index contributed by atoms with van der Waals surface area (Å²) in [6.45, 7) is 0. The van der Waals surface area contributed by atoms with Gasteiger partial charge in [0.25, 0.3) is 5.91 Å². The molecule has 9 nitrogen and oxygen atoms in total. The van der Waals surface area contributed by atoms with E-state index in [4.69, 9.17) is 0 Å². The van der Waals surface area contributed by atoms with E-state index < -0.39 is 6.04 Å². The van der Waals surface area contributed by atoms with Gasteiger partial charge in [-0.15, -0.1) is 0 Å². The van der Waals surface area contributed by atoms with Crippen molar-refractivity contribution in [2.24, 2.45) is 20.0 Å². The van der Waals surface area contributed by atoms with Crippen LogP contribution in [0, 0.1) is 5.92 Å². The molecule has 2 aromatic carbocycles. The summed E-state index contributed by atoms with van der Waals surface area (Å²) in [5.74, 6) is -0.0653. The van der Waals surface area contributed by atoms with E-state index >= 15 is 0 Å². The number of fused-ring (bicyclic) bond motifs is 1. The number of nitrogens with zero attached hydrogens (tertiary/aromatic N) is 4. The van der Waals surface area contributed by atoms with Crippen LogP contribution in [0.15, 0.2) is 61.1 Å². The number of carbonyl (C=O) groups is 2. The Morgan fingerprint density at radius 2 is 1.83 bits per heavy atom. The summed E-state index contributed by atoms with van der Waals surface area (Å²) in [5, 5.41) is 18.8. The van der Waals surface area contributed by atoms with E-state index in [0.717, 1.165) is 35.1 Å². The van der Waals surface area contributed by atoms with E-state index in [2.05, 4.69) is 26.1 Å². The predicted molar refractivity (Wildman–Crippen MR) is 140 cm³/mol. The van der Waals surface area contributed by atoms with Gasteiger partial charge in [0.05, 0.1) is 29.3 Å². The van der Waals surface area contributed by atoms with Crippen LogP contribution in [-0.2, 0) is 18.9 Å². The van der Waals surface area contributed by atoms with Crippen LogP contribution >= 0.6 is 0 Å². The zero-order valence-electron chi connectivity index (χ0n) is 20.6. The Morgan fingerprint density at radius 3 is 2.61 bits per heavy atom. The molecule has 2 amide bonds. The molecule has 0 radical (unpaired) electrons. The first-order valence-corrected chi connectivity index (χ1v) is 12.3. The van der Waals surface area contributed by atoms with Gasteiger partial charge in [-0.1, -0.05) is 43.9 Å². The lowest BCUT2D eigenvalue weighted by atomic mass is 9.97. The van der Waals surface area contributed by atoms with Gasteiger partial charge in [0.15, 0.2) is 0 Å². The van der Waals surface area contributed by atoms with Gasteiger partial charge >= 0.3 is 0 Å². The van der Waals surface area contributed by atoms with Gasteiger partial charge in [-0.25, -0.2) is 0 Å². The summed E-state index contributed by atoms with van der Waals surface area (Å²) in [6, 6.07) is 12.7. The normalized spacial score (nSPS) is 14.6. The summed E-state index contributed by atoms with van der Waals surface area (Å²) in [4.78, 5) is 26.4. The minimum atomic E-state index is -0.624. The largest absolute Gasteiger partial charge is 0.354 e. The number of amides is 2. The Bertz CT molecular complexity index is 1380. The van der Waals surface area contributed by atoms with Gasteiger partial charge in [-0.2, -0.15) is 10.2 Å². The number of aryl methyl sites for hydroxylation is 2. The monoisotopic (exact) mass is 485 g/mol. The second-order valence-corrected chi connectivity index (χ2v) is 9.52. The fourth-order valence-electron chi connectivity index (χ4n) is 5.00. The van der Waals surface area contributed by atoms with Gasteiger partial charge in [-0.3, -0.25) is 19.0 Å². The molecule has 4 aromatic rings. The molecule has 1 saturated carbocycles. The van der Waals surface area contributed by atoms with Gasteiger partial charge in [0.2, 0.25) is 5.91 Å². The smallest absolute Gasteiger partial charge is 0.252 e. The molecule has 2 heterocycles. The van der Waals surface area contributed by atoms with E-state index in [-0.39, 0.29) is 11.8 Å². The number of aromatic nitrogens is 4. The third-order valence-electron chi connectivity index (χ3n) is 6.80. The maximum absolute atomic E-state index is 13.3. The lowest BCUT2D eigenvalue weighted by Gasteiger charge is -2.21. The maximum Gasteiger partial charge on any atom is 0.252 e. The van der Waals surface area contributed by atoms with Crippen LogP contribution < -0.4 is 16.0 Å². The molecule has 5 rings (SSSR count).